The number of rotatable bonds is 11. The van der Waals surface area contributed by atoms with Gasteiger partial charge in [0.2, 0.25) is 5.91 Å². The van der Waals surface area contributed by atoms with E-state index in [-0.39, 0.29) is 25.5 Å². The van der Waals surface area contributed by atoms with E-state index in [1.54, 1.807) is 55.5 Å². The predicted octanol–water partition coefficient (Wildman–Crippen LogP) is 2.20. The van der Waals surface area contributed by atoms with Gasteiger partial charge in [0.25, 0.3) is 5.91 Å². The van der Waals surface area contributed by atoms with Gasteiger partial charge in [-0.3, -0.25) is 28.4 Å². The van der Waals surface area contributed by atoms with Crippen molar-refractivity contribution < 1.29 is 27.9 Å². The van der Waals surface area contributed by atoms with E-state index in [1.807, 2.05) is 18.2 Å². The van der Waals surface area contributed by atoms with Gasteiger partial charge in [-0.1, -0.05) is 48.5 Å². The van der Waals surface area contributed by atoms with Gasteiger partial charge in [0, 0.05) is 41.7 Å². The van der Waals surface area contributed by atoms with Gasteiger partial charge < -0.3 is 19.9 Å². The summed E-state index contributed by atoms with van der Waals surface area (Å²) in [5.74, 6) is -0.932. The topological polar surface area (TPSA) is 152 Å². The molecule has 3 N–H and O–H groups in total. The number of nitrogens with zero attached hydrogens (tertiary/aromatic N) is 2. The molecule has 0 radical (unpaired) electrons. The fourth-order valence-electron chi connectivity index (χ4n) is 4.44. The molecule has 2 atom stereocenters. The molecule has 0 aromatic heterocycles. The van der Waals surface area contributed by atoms with Crippen molar-refractivity contribution in [2.24, 2.45) is 4.99 Å². The maximum atomic E-state index is 12.9. The molecule has 1 aliphatic rings. The minimum absolute atomic E-state index is 0.0439. The minimum Gasteiger partial charge on any atom is -0.755 e. The molecule has 0 fully saturated rings. The molecule has 2 unspecified atom stereocenters. The number of guanidine groups is 1. The van der Waals surface area contributed by atoms with Crippen molar-refractivity contribution in [1.82, 2.24) is 16.0 Å². The fourth-order valence-corrected chi connectivity index (χ4v) is 5.12. The molecule has 11 nitrogen and oxygen atoms in total. The van der Waals surface area contributed by atoms with Crippen LogP contribution >= 0.6 is 0 Å². The van der Waals surface area contributed by atoms with Gasteiger partial charge in [-0.15, -0.1) is 0 Å². The van der Waals surface area contributed by atoms with Gasteiger partial charge >= 0.3 is 5.97 Å². The number of fused-ring (bicyclic) bond motifs is 1. The third-order valence-corrected chi connectivity index (χ3v) is 7.25. The highest BCUT2D eigenvalue weighted by Crippen LogP contribution is 2.29. The number of esters is 1. The molecule has 4 rings (SSSR count). The largest absolute Gasteiger partial charge is 0.755 e. The quantitative estimate of drug-likeness (QED) is 0.233. The smallest absolute Gasteiger partial charge is 0.331 e. The summed E-state index contributed by atoms with van der Waals surface area (Å²) in [6.45, 7) is 2.81. The van der Waals surface area contributed by atoms with Crippen molar-refractivity contribution in [1.29, 1.82) is 0 Å². The first-order valence-electron chi connectivity index (χ1n) is 13.4. The second-order valence-corrected chi connectivity index (χ2v) is 10.1. The molecule has 3 aromatic carbocycles. The minimum atomic E-state index is -2.85. The summed E-state index contributed by atoms with van der Waals surface area (Å²) >= 11 is -2.85. The summed E-state index contributed by atoms with van der Waals surface area (Å²) in [5, 5.41) is 9.89. The van der Waals surface area contributed by atoms with E-state index in [0.717, 1.165) is 28.2 Å². The van der Waals surface area contributed by atoms with Crippen LogP contribution in [0.2, 0.25) is 0 Å². The monoisotopic (exact) mass is 578 g/mol. The van der Waals surface area contributed by atoms with E-state index in [1.165, 1.54) is 0 Å². The number of amides is 2. The highest BCUT2D eigenvalue weighted by Gasteiger charge is 2.30. The zero-order chi connectivity index (χ0) is 29.2. The Labute approximate surface area is 240 Å². The van der Waals surface area contributed by atoms with Crippen LogP contribution in [0.5, 0.6) is 0 Å². The summed E-state index contributed by atoms with van der Waals surface area (Å²) in [6.07, 6.45) is 1.66. The van der Waals surface area contributed by atoms with Gasteiger partial charge in [-0.2, -0.15) is 0 Å². The Morgan fingerprint density at radius 3 is 2.56 bits per heavy atom. The van der Waals surface area contributed by atoms with Crippen LogP contribution in [0.1, 0.15) is 35.7 Å². The number of anilines is 1. The number of nitrogens with one attached hydrogen (secondary N) is 3. The lowest BCUT2D eigenvalue weighted by atomic mass is 10.1. The van der Waals surface area contributed by atoms with Crippen LogP contribution in [-0.2, 0) is 32.0 Å². The first-order chi connectivity index (χ1) is 19.9. The summed E-state index contributed by atoms with van der Waals surface area (Å²) in [5.41, 5.74) is 1.48. The highest BCUT2D eigenvalue weighted by molar-refractivity contribution is 7.80. The first-order valence-corrected chi connectivity index (χ1v) is 14.4. The van der Waals surface area contributed by atoms with Crippen LogP contribution < -0.4 is 20.3 Å². The Kier molecular flexibility index (Phi) is 10.4. The van der Waals surface area contributed by atoms with Crippen LogP contribution in [0.4, 0.5) is 5.69 Å². The summed E-state index contributed by atoms with van der Waals surface area (Å²) in [7, 11) is 0. The molecule has 0 spiro atoms. The van der Waals surface area contributed by atoms with Crippen molar-refractivity contribution in [2.45, 2.75) is 32.2 Å². The fraction of sp³-hybridized carbons (Fsp3) is 0.310. The lowest BCUT2D eigenvalue weighted by Gasteiger charge is -2.34. The standard InChI is InChI=1S/C29H33N5O6S/c1-2-40-28(37)25(34(41(38)39)24-10-5-8-21-7-3-4-9-23(21)24)19-32-27(36)22-14-11-20(12-15-22)13-16-26(35)33-29-30-17-6-18-31-29/h3-5,7-12,14-15,25H,2,6,13,16-19H2,1H3,(H,32,36)(H,38,39)(H2,30,31,33,35)/p-1. The van der Waals surface area contributed by atoms with Crippen LogP contribution in [0, 0.1) is 0 Å². The van der Waals surface area contributed by atoms with Gasteiger partial charge in [0.05, 0.1) is 18.8 Å². The number of carbonyl (C=O) groups excluding carboxylic acids is 3. The Hall–Kier alpha value is -4.29. The SMILES string of the molecule is CCOC(=O)C(CNC(=O)c1ccc(CCC(=O)NC2=NCCCN2)cc1)N(c1cccc2ccccc12)S(=O)[O-]. The molecule has 0 aliphatic carbocycles. The van der Waals surface area contributed by atoms with E-state index < -0.39 is 29.2 Å². The number of aryl methyl sites for hydroxylation is 1. The molecule has 216 valence electrons. The van der Waals surface area contributed by atoms with E-state index in [4.69, 9.17) is 4.74 Å². The van der Waals surface area contributed by atoms with Crippen LogP contribution in [0.3, 0.4) is 0 Å². The third-order valence-electron chi connectivity index (χ3n) is 6.47. The van der Waals surface area contributed by atoms with Crippen molar-refractivity contribution in [3.8, 4) is 0 Å². The zero-order valence-electron chi connectivity index (χ0n) is 22.6. The molecule has 12 heteroatoms. The Morgan fingerprint density at radius 2 is 1.85 bits per heavy atom. The third kappa shape index (κ3) is 7.89. The Balaban J connectivity index is 1.42. The Bertz CT molecular complexity index is 1440. The highest BCUT2D eigenvalue weighted by atomic mass is 32.2. The number of benzene rings is 3. The number of hydrogen-bond acceptors (Lipinski definition) is 8. The van der Waals surface area contributed by atoms with Crippen LogP contribution in [-0.4, -0.2) is 64.8 Å². The molecule has 0 saturated carbocycles. The van der Waals surface area contributed by atoms with Gasteiger partial charge in [-0.05, 0) is 48.9 Å². The molecule has 3 aromatic rings. The molecule has 41 heavy (non-hydrogen) atoms. The molecule has 1 aliphatic heterocycles. The van der Waals surface area contributed by atoms with Gasteiger partial charge in [0.15, 0.2) is 12.0 Å². The zero-order valence-corrected chi connectivity index (χ0v) is 23.4. The average Bonchev–Trinajstić information content (AvgIpc) is 2.98. The molecular formula is C29H32N5O6S-. The number of ether oxygens (including phenoxy) is 1. The van der Waals surface area contributed by atoms with E-state index in [0.29, 0.717) is 35.6 Å². The van der Waals surface area contributed by atoms with Crippen molar-refractivity contribution >= 4 is 51.5 Å². The normalized spacial score (nSPS) is 14.2. The summed E-state index contributed by atoms with van der Waals surface area (Å²) < 4.78 is 31.0. The number of hydrogen-bond donors (Lipinski definition) is 3. The van der Waals surface area contributed by atoms with Crippen molar-refractivity contribution in [3.63, 3.8) is 0 Å². The van der Waals surface area contributed by atoms with Crippen LogP contribution in [0.15, 0.2) is 71.7 Å². The van der Waals surface area contributed by atoms with Gasteiger partial charge in [0.1, 0.15) is 0 Å². The molecule has 1 heterocycles. The lowest BCUT2D eigenvalue weighted by Crippen LogP contribution is -2.50. The first kappa shape index (κ1) is 29.7. The van der Waals surface area contributed by atoms with Crippen molar-refractivity contribution in [2.75, 3.05) is 30.5 Å². The average molecular weight is 579 g/mol. The molecular weight excluding hydrogens is 546 g/mol. The van der Waals surface area contributed by atoms with E-state index in [9.17, 15) is 23.1 Å². The van der Waals surface area contributed by atoms with Crippen molar-refractivity contribution in [3.05, 3.63) is 77.9 Å². The summed E-state index contributed by atoms with van der Waals surface area (Å²) in [4.78, 5) is 42.3. The second-order valence-electron chi connectivity index (χ2n) is 9.27. The lowest BCUT2D eigenvalue weighted by molar-refractivity contribution is -0.144. The summed E-state index contributed by atoms with van der Waals surface area (Å²) in [6, 6.07) is 17.7. The van der Waals surface area contributed by atoms with E-state index >= 15 is 0 Å². The molecule has 0 saturated heterocycles. The van der Waals surface area contributed by atoms with Crippen LogP contribution in [0.25, 0.3) is 10.8 Å². The maximum Gasteiger partial charge on any atom is 0.331 e. The second kappa shape index (κ2) is 14.4. The van der Waals surface area contributed by atoms with Gasteiger partial charge in [-0.25, -0.2) is 4.79 Å². The number of carbonyl (C=O) groups is 3. The number of aliphatic imine (C=N–C) groups is 1. The predicted molar refractivity (Wildman–Crippen MR) is 156 cm³/mol. The maximum absolute atomic E-state index is 12.9. The van der Waals surface area contributed by atoms with E-state index in [2.05, 4.69) is 20.9 Å². The molecule has 0 bridgehead atoms. The Morgan fingerprint density at radius 1 is 1.10 bits per heavy atom. The molecule has 2 amide bonds.